The minimum absolute atomic E-state index is 0.0457. The zero-order valence-electron chi connectivity index (χ0n) is 20.6. The molecule has 2 N–H and O–H groups in total. The van der Waals surface area contributed by atoms with Gasteiger partial charge in [0.05, 0.1) is 5.92 Å². The summed E-state index contributed by atoms with van der Waals surface area (Å²) in [6, 6.07) is 15.0. The molecule has 186 valence electrons. The summed E-state index contributed by atoms with van der Waals surface area (Å²) in [4.78, 5) is 39.4. The largest absolute Gasteiger partial charge is 0.480 e. The molecule has 2 amide bonds. The molecule has 2 unspecified atom stereocenters. The number of carboxylic acids is 1. The summed E-state index contributed by atoms with van der Waals surface area (Å²) in [7, 11) is 0. The first-order chi connectivity index (χ1) is 16.8. The van der Waals surface area contributed by atoms with Crippen molar-refractivity contribution in [1.82, 2.24) is 10.2 Å². The highest BCUT2D eigenvalue weighted by Crippen LogP contribution is 2.44. The maximum atomic E-state index is 13.4. The number of nitrogens with one attached hydrogen (secondary N) is 1. The van der Waals surface area contributed by atoms with Crippen LogP contribution in [0.2, 0.25) is 0 Å². The van der Waals surface area contributed by atoms with Crippen LogP contribution in [0.25, 0.3) is 11.1 Å². The van der Waals surface area contributed by atoms with E-state index in [4.69, 9.17) is 4.74 Å². The lowest BCUT2D eigenvalue weighted by Crippen LogP contribution is -2.55. The van der Waals surface area contributed by atoms with Gasteiger partial charge in [0.1, 0.15) is 12.6 Å². The monoisotopic (exact) mass is 478 g/mol. The Morgan fingerprint density at radius 1 is 1.00 bits per heavy atom. The van der Waals surface area contributed by atoms with Gasteiger partial charge < -0.3 is 20.1 Å². The molecule has 2 aromatic rings. The Labute approximate surface area is 206 Å². The van der Waals surface area contributed by atoms with Crippen molar-refractivity contribution in [2.75, 3.05) is 13.2 Å². The van der Waals surface area contributed by atoms with E-state index < -0.39 is 30.1 Å². The summed E-state index contributed by atoms with van der Waals surface area (Å²) in [5, 5.41) is 12.4. The zero-order valence-corrected chi connectivity index (χ0v) is 20.6. The number of amides is 2. The second-order valence-corrected chi connectivity index (χ2v) is 9.91. The Morgan fingerprint density at radius 3 is 2.17 bits per heavy atom. The second-order valence-electron chi connectivity index (χ2n) is 9.91. The lowest BCUT2D eigenvalue weighted by atomic mass is 9.86. The summed E-state index contributed by atoms with van der Waals surface area (Å²) in [6.07, 6.45) is 1.46. The lowest BCUT2D eigenvalue weighted by molar-refractivity contribution is -0.155. The van der Waals surface area contributed by atoms with Crippen molar-refractivity contribution in [2.24, 2.45) is 11.8 Å². The van der Waals surface area contributed by atoms with Gasteiger partial charge in [-0.25, -0.2) is 9.59 Å². The summed E-state index contributed by atoms with van der Waals surface area (Å²) in [6.45, 7) is 6.23. The number of nitrogens with zero attached hydrogens (tertiary/aromatic N) is 1. The number of piperidine rings is 1. The van der Waals surface area contributed by atoms with Crippen molar-refractivity contribution in [1.29, 1.82) is 0 Å². The van der Waals surface area contributed by atoms with Crippen LogP contribution >= 0.6 is 0 Å². The Morgan fingerprint density at radius 2 is 1.60 bits per heavy atom. The molecule has 1 saturated heterocycles. The predicted octanol–water partition coefficient (Wildman–Crippen LogP) is 4.65. The molecule has 35 heavy (non-hydrogen) atoms. The van der Waals surface area contributed by atoms with Gasteiger partial charge in [-0.3, -0.25) is 4.79 Å². The van der Waals surface area contributed by atoms with Gasteiger partial charge in [0.25, 0.3) is 0 Å². The van der Waals surface area contributed by atoms with E-state index in [1.165, 1.54) is 4.90 Å². The number of aliphatic carboxylic acids is 1. The molecular weight excluding hydrogens is 444 g/mol. The predicted molar refractivity (Wildman–Crippen MR) is 133 cm³/mol. The van der Waals surface area contributed by atoms with Crippen molar-refractivity contribution < 1.29 is 24.2 Å². The van der Waals surface area contributed by atoms with E-state index >= 15 is 0 Å². The van der Waals surface area contributed by atoms with Gasteiger partial charge in [-0.15, -0.1) is 0 Å². The fourth-order valence-corrected chi connectivity index (χ4v) is 5.64. The first-order valence-electron chi connectivity index (χ1n) is 12.4. The maximum Gasteiger partial charge on any atom is 0.407 e. The van der Waals surface area contributed by atoms with Gasteiger partial charge in [0.15, 0.2) is 0 Å². The molecule has 0 bridgehead atoms. The number of alkyl carbamates (subject to hydrolysis) is 1. The molecule has 0 aromatic heterocycles. The Hall–Kier alpha value is -3.35. The van der Waals surface area contributed by atoms with E-state index in [0.29, 0.717) is 13.0 Å². The average molecular weight is 479 g/mol. The van der Waals surface area contributed by atoms with Crippen molar-refractivity contribution in [2.45, 2.75) is 58.0 Å². The van der Waals surface area contributed by atoms with Gasteiger partial charge >= 0.3 is 12.1 Å². The number of carbonyl (C=O) groups is 3. The third kappa shape index (κ3) is 5.04. The summed E-state index contributed by atoms with van der Waals surface area (Å²) in [5.41, 5.74) is 4.58. The molecule has 1 fully saturated rings. The van der Waals surface area contributed by atoms with Gasteiger partial charge in [0, 0.05) is 18.5 Å². The Kier molecular flexibility index (Phi) is 7.43. The van der Waals surface area contributed by atoms with Crippen LogP contribution in [-0.2, 0) is 14.3 Å². The molecule has 0 spiro atoms. The number of hydrogen-bond donors (Lipinski definition) is 2. The van der Waals surface area contributed by atoms with E-state index in [0.717, 1.165) is 35.1 Å². The molecule has 7 heteroatoms. The van der Waals surface area contributed by atoms with Crippen LogP contribution < -0.4 is 5.32 Å². The van der Waals surface area contributed by atoms with Crippen LogP contribution in [0.15, 0.2) is 48.5 Å². The Bertz CT molecular complexity index is 1050. The number of carboxylic acid groups (broad SMARTS) is 1. The fourth-order valence-electron chi connectivity index (χ4n) is 5.64. The standard InChI is InChI=1S/C28H34N2O5/c1-17(2)25(26(31)30-15-9-8-14-24(30)27(32)33)18(3)29-28(34)35-16-23-21-12-6-4-10-19(21)20-11-5-7-13-22(20)23/h4-7,10-13,17-18,23-25H,8-9,14-16H2,1-3H3,(H,29,34)(H,32,33)/t18?,24-,25?/m0/s1. The first-order valence-corrected chi connectivity index (χ1v) is 12.4. The molecule has 0 radical (unpaired) electrons. The number of hydrogen-bond acceptors (Lipinski definition) is 4. The van der Waals surface area contributed by atoms with Crippen molar-refractivity contribution in [3.05, 3.63) is 59.7 Å². The highest BCUT2D eigenvalue weighted by molar-refractivity contribution is 5.86. The SMILES string of the molecule is CC(C)C(C(=O)N1CCCC[C@H]1C(=O)O)C(C)NC(=O)OCC1c2ccccc2-c2ccccc21. The summed E-state index contributed by atoms with van der Waals surface area (Å²) in [5.74, 6) is -1.87. The summed E-state index contributed by atoms with van der Waals surface area (Å²) < 4.78 is 5.66. The first kappa shape index (κ1) is 24.8. The van der Waals surface area contributed by atoms with Crippen LogP contribution in [0.4, 0.5) is 4.79 Å². The van der Waals surface area contributed by atoms with E-state index in [1.807, 2.05) is 38.1 Å². The lowest BCUT2D eigenvalue weighted by Gasteiger charge is -2.38. The molecule has 7 nitrogen and oxygen atoms in total. The third-order valence-electron chi connectivity index (χ3n) is 7.30. The topological polar surface area (TPSA) is 95.9 Å². The smallest absolute Gasteiger partial charge is 0.407 e. The minimum Gasteiger partial charge on any atom is -0.480 e. The fraction of sp³-hybridized carbons (Fsp3) is 0.464. The van der Waals surface area contributed by atoms with Crippen LogP contribution in [-0.4, -0.2) is 53.2 Å². The third-order valence-corrected chi connectivity index (χ3v) is 7.30. The van der Waals surface area contributed by atoms with Gasteiger partial charge in [-0.1, -0.05) is 62.4 Å². The van der Waals surface area contributed by atoms with Crippen molar-refractivity contribution >= 4 is 18.0 Å². The maximum absolute atomic E-state index is 13.4. The normalized spacial score (nSPS) is 19.0. The van der Waals surface area contributed by atoms with E-state index in [9.17, 15) is 19.5 Å². The van der Waals surface area contributed by atoms with Gasteiger partial charge in [-0.2, -0.15) is 0 Å². The molecule has 1 aliphatic carbocycles. The molecular formula is C28H34N2O5. The number of carbonyl (C=O) groups excluding carboxylic acids is 2. The van der Waals surface area contributed by atoms with E-state index in [2.05, 4.69) is 29.6 Å². The van der Waals surface area contributed by atoms with E-state index in [1.54, 1.807) is 6.92 Å². The number of rotatable bonds is 7. The van der Waals surface area contributed by atoms with Gasteiger partial charge in [-0.05, 0) is 54.4 Å². The second kappa shape index (κ2) is 10.5. The molecule has 1 aliphatic heterocycles. The number of likely N-dealkylation sites (tertiary alicyclic amines) is 1. The highest BCUT2D eigenvalue weighted by atomic mass is 16.5. The molecule has 0 saturated carbocycles. The molecule has 3 atom stereocenters. The quantitative estimate of drug-likeness (QED) is 0.604. The molecule has 2 aromatic carbocycles. The molecule has 2 aliphatic rings. The van der Waals surface area contributed by atoms with Gasteiger partial charge in [0.2, 0.25) is 5.91 Å². The Balaban J connectivity index is 1.42. The minimum atomic E-state index is -0.974. The summed E-state index contributed by atoms with van der Waals surface area (Å²) >= 11 is 0. The van der Waals surface area contributed by atoms with Crippen LogP contribution in [0.1, 0.15) is 57.1 Å². The molecule has 1 heterocycles. The van der Waals surface area contributed by atoms with Crippen molar-refractivity contribution in [3.8, 4) is 11.1 Å². The number of fused-ring (bicyclic) bond motifs is 3. The highest BCUT2D eigenvalue weighted by Gasteiger charge is 2.39. The number of benzene rings is 2. The van der Waals surface area contributed by atoms with E-state index in [-0.39, 0.29) is 24.3 Å². The average Bonchev–Trinajstić information content (AvgIpc) is 3.16. The van der Waals surface area contributed by atoms with Crippen LogP contribution in [0.5, 0.6) is 0 Å². The number of ether oxygens (including phenoxy) is 1. The molecule has 4 rings (SSSR count). The van der Waals surface area contributed by atoms with Crippen LogP contribution in [0.3, 0.4) is 0 Å². The van der Waals surface area contributed by atoms with Crippen LogP contribution in [0, 0.1) is 11.8 Å². The zero-order chi connectivity index (χ0) is 25.1. The van der Waals surface area contributed by atoms with Crippen molar-refractivity contribution in [3.63, 3.8) is 0 Å².